The predicted molar refractivity (Wildman–Crippen MR) is 66.7 cm³/mol. The largest absolute Gasteiger partial charge is 0.0654 e. The summed E-state index contributed by atoms with van der Waals surface area (Å²) in [7, 11) is 0. The summed E-state index contributed by atoms with van der Waals surface area (Å²) in [5.74, 6) is 0. The second-order valence-electron chi connectivity index (χ2n) is 3.22. The van der Waals surface area contributed by atoms with E-state index in [-0.39, 0.29) is 0 Å². The second kappa shape index (κ2) is 6.41. The van der Waals surface area contributed by atoms with E-state index in [4.69, 9.17) is 0 Å². The van der Waals surface area contributed by atoms with Crippen LogP contribution in [0.2, 0.25) is 0 Å². The minimum absolute atomic E-state index is 1.22. The van der Waals surface area contributed by atoms with Crippen LogP contribution >= 0.6 is 22.6 Å². The summed E-state index contributed by atoms with van der Waals surface area (Å²) < 4.78 is 1.36. The molecule has 0 spiro atoms. The van der Waals surface area contributed by atoms with Gasteiger partial charge >= 0.3 is 0 Å². The Morgan fingerprint density at radius 1 is 1.23 bits per heavy atom. The van der Waals surface area contributed by atoms with Crippen LogP contribution < -0.4 is 0 Å². The third-order valence-electron chi connectivity index (χ3n) is 2.08. The van der Waals surface area contributed by atoms with Crippen molar-refractivity contribution >= 4 is 22.6 Å². The van der Waals surface area contributed by atoms with Crippen LogP contribution in [0.5, 0.6) is 0 Å². The molecule has 1 heteroatoms. The minimum atomic E-state index is 1.22. The molecule has 0 aliphatic heterocycles. The summed E-state index contributed by atoms with van der Waals surface area (Å²) in [6, 6.07) is 8.54. The Morgan fingerprint density at radius 3 is 2.69 bits per heavy atom. The zero-order valence-electron chi connectivity index (χ0n) is 8.09. The maximum Gasteiger partial charge on any atom is 0.0165 e. The molecule has 0 saturated carbocycles. The second-order valence-corrected chi connectivity index (χ2v) is 4.38. The van der Waals surface area contributed by atoms with Crippen molar-refractivity contribution < 1.29 is 0 Å². The van der Waals surface area contributed by atoms with Gasteiger partial charge in [0.15, 0.2) is 0 Å². The third-order valence-corrected chi connectivity index (χ3v) is 3.06. The van der Waals surface area contributed by atoms with Gasteiger partial charge in [-0.3, -0.25) is 0 Å². The first-order chi connectivity index (χ1) is 6.34. The maximum atomic E-state index is 2.39. The lowest BCUT2D eigenvalue weighted by Crippen LogP contribution is -1.86. The Bertz CT molecular complexity index is 243. The molecule has 0 fully saturated rings. The van der Waals surface area contributed by atoms with Gasteiger partial charge in [-0.1, -0.05) is 44.4 Å². The van der Waals surface area contributed by atoms with Gasteiger partial charge in [0, 0.05) is 3.57 Å². The van der Waals surface area contributed by atoms with Gasteiger partial charge in [0.05, 0.1) is 0 Å². The van der Waals surface area contributed by atoms with Crippen molar-refractivity contribution in [3.8, 4) is 0 Å². The fourth-order valence-corrected chi connectivity index (χ4v) is 1.90. The molecule has 13 heavy (non-hydrogen) atoms. The molecule has 0 unspecified atom stereocenters. The van der Waals surface area contributed by atoms with Gasteiger partial charge in [-0.2, -0.15) is 0 Å². The molecule has 0 aliphatic rings. The number of rotatable bonds is 5. The van der Waals surface area contributed by atoms with Gasteiger partial charge in [0.2, 0.25) is 0 Å². The van der Waals surface area contributed by atoms with Crippen LogP contribution in [0.3, 0.4) is 0 Å². The van der Waals surface area contributed by atoms with Crippen molar-refractivity contribution in [3.05, 3.63) is 39.8 Å². The molecule has 0 nitrogen and oxygen atoms in total. The molecule has 0 heterocycles. The van der Waals surface area contributed by atoms with Gasteiger partial charge in [-0.25, -0.2) is 0 Å². The zero-order valence-corrected chi connectivity index (χ0v) is 10.3. The van der Waals surface area contributed by atoms with Gasteiger partial charge in [-0.05, 0) is 47.1 Å². The van der Waals surface area contributed by atoms with E-state index in [1.54, 1.807) is 0 Å². The van der Waals surface area contributed by atoms with Crippen LogP contribution in [0.4, 0.5) is 0 Å². The molecule has 1 aromatic rings. The van der Waals surface area contributed by atoms with Gasteiger partial charge in [-0.15, -0.1) is 0 Å². The standard InChI is InChI=1S/C12H16I/c1-2-3-4-5-8-11-9-6-7-10-12(11)13/h6-10H,2-5H2,1H3. The topological polar surface area (TPSA) is 0 Å². The summed E-state index contributed by atoms with van der Waals surface area (Å²) in [4.78, 5) is 0. The van der Waals surface area contributed by atoms with Crippen molar-refractivity contribution in [2.75, 3.05) is 0 Å². The molecule has 0 saturated heterocycles. The monoisotopic (exact) mass is 287 g/mol. The van der Waals surface area contributed by atoms with Gasteiger partial charge < -0.3 is 0 Å². The van der Waals surface area contributed by atoms with E-state index < -0.39 is 0 Å². The summed E-state index contributed by atoms with van der Waals surface area (Å²) in [6.07, 6.45) is 7.53. The van der Waals surface area contributed by atoms with Crippen molar-refractivity contribution in [2.45, 2.75) is 32.6 Å². The zero-order chi connectivity index (χ0) is 9.52. The lowest BCUT2D eigenvalue weighted by molar-refractivity contribution is 0.714. The smallest absolute Gasteiger partial charge is 0.0165 e. The average molecular weight is 287 g/mol. The Labute approximate surface area is 94.9 Å². The molecule has 0 aliphatic carbocycles. The Balaban J connectivity index is 2.32. The molecule has 1 radical (unpaired) electrons. The quantitative estimate of drug-likeness (QED) is 0.555. The number of halogens is 1. The molecule has 0 aromatic heterocycles. The lowest BCUT2D eigenvalue weighted by Gasteiger charge is -2.02. The van der Waals surface area contributed by atoms with Crippen LogP contribution in [-0.4, -0.2) is 0 Å². The van der Waals surface area contributed by atoms with E-state index in [2.05, 4.69) is 60.2 Å². The molecular weight excluding hydrogens is 271 g/mol. The summed E-state index contributed by atoms with van der Waals surface area (Å²) >= 11 is 2.39. The van der Waals surface area contributed by atoms with E-state index in [1.807, 2.05) is 0 Å². The number of hydrogen-bond acceptors (Lipinski definition) is 0. The van der Waals surface area contributed by atoms with E-state index in [1.165, 1.54) is 34.8 Å². The molecular formula is C12H16I. The molecule has 0 bridgehead atoms. The normalized spacial score (nSPS) is 10.3. The van der Waals surface area contributed by atoms with Gasteiger partial charge in [0.1, 0.15) is 0 Å². The summed E-state index contributed by atoms with van der Waals surface area (Å²) in [5.41, 5.74) is 1.39. The van der Waals surface area contributed by atoms with E-state index >= 15 is 0 Å². The lowest BCUT2D eigenvalue weighted by atomic mass is 10.1. The Morgan fingerprint density at radius 2 is 2.00 bits per heavy atom. The van der Waals surface area contributed by atoms with E-state index in [0.717, 1.165) is 0 Å². The van der Waals surface area contributed by atoms with Crippen LogP contribution in [0.15, 0.2) is 24.3 Å². The summed E-state index contributed by atoms with van der Waals surface area (Å²) in [5, 5.41) is 0. The molecule has 0 atom stereocenters. The fraction of sp³-hybridized carbons (Fsp3) is 0.417. The van der Waals surface area contributed by atoms with Gasteiger partial charge in [0.25, 0.3) is 0 Å². The molecule has 71 valence electrons. The molecule has 1 aromatic carbocycles. The van der Waals surface area contributed by atoms with Crippen molar-refractivity contribution in [1.29, 1.82) is 0 Å². The number of hydrogen-bond donors (Lipinski definition) is 0. The predicted octanol–water partition coefficient (Wildman–Crippen LogP) is 4.42. The SMILES string of the molecule is CCCCC[CH]c1ccccc1I. The highest BCUT2D eigenvalue weighted by atomic mass is 127. The Hall–Kier alpha value is -0.0500. The molecule has 1 rings (SSSR count). The first kappa shape index (κ1) is 11.0. The maximum absolute atomic E-state index is 2.39. The minimum Gasteiger partial charge on any atom is -0.0654 e. The molecule has 0 amide bonds. The summed E-state index contributed by atoms with van der Waals surface area (Å²) in [6.45, 7) is 2.24. The highest BCUT2D eigenvalue weighted by Crippen LogP contribution is 2.16. The fourth-order valence-electron chi connectivity index (χ4n) is 1.29. The molecule has 0 N–H and O–H groups in total. The van der Waals surface area contributed by atoms with Crippen molar-refractivity contribution in [2.24, 2.45) is 0 Å². The average Bonchev–Trinajstić information content (AvgIpc) is 2.15. The highest BCUT2D eigenvalue weighted by molar-refractivity contribution is 14.1. The number of benzene rings is 1. The van der Waals surface area contributed by atoms with Crippen LogP contribution in [0, 0.1) is 9.99 Å². The first-order valence-electron chi connectivity index (χ1n) is 4.92. The van der Waals surface area contributed by atoms with E-state index in [0.29, 0.717) is 0 Å². The highest BCUT2D eigenvalue weighted by Gasteiger charge is 1.97. The van der Waals surface area contributed by atoms with Crippen molar-refractivity contribution in [1.82, 2.24) is 0 Å². The van der Waals surface area contributed by atoms with E-state index in [9.17, 15) is 0 Å². The third kappa shape index (κ3) is 4.12. The Kier molecular flexibility index (Phi) is 5.44. The van der Waals surface area contributed by atoms with Crippen LogP contribution in [0.1, 0.15) is 38.2 Å². The number of unbranched alkanes of at least 4 members (excludes halogenated alkanes) is 3. The van der Waals surface area contributed by atoms with Crippen molar-refractivity contribution in [3.63, 3.8) is 0 Å². The van der Waals surface area contributed by atoms with Crippen LogP contribution in [0.25, 0.3) is 0 Å². The first-order valence-corrected chi connectivity index (χ1v) is 6.00. The van der Waals surface area contributed by atoms with Crippen LogP contribution in [-0.2, 0) is 0 Å².